The fourth-order valence-electron chi connectivity index (χ4n) is 3.85. The molecule has 0 bridgehead atoms. The van der Waals surface area contributed by atoms with E-state index in [1.807, 2.05) is 7.05 Å². The first-order chi connectivity index (χ1) is 10.2. The molecule has 2 heterocycles. The molecule has 1 aliphatic carbocycles. The van der Waals surface area contributed by atoms with Crippen LogP contribution in [-0.2, 0) is 14.2 Å². The Morgan fingerprint density at radius 3 is 3.00 bits per heavy atom. The highest BCUT2D eigenvalue weighted by molar-refractivity contribution is 5.73. The minimum Gasteiger partial charge on any atom is -0.378 e. The number of fused-ring (bicyclic) bond motifs is 1. The van der Waals surface area contributed by atoms with Crippen molar-refractivity contribution in [3.63, 3.8) is 0 Å². The van der Waals surface area contributed by atoms with Crippen LogP contribution in [0.4, 0.5) is 4.79 Å². The molecular weight excluding hydrogens is 272 g/mol. The predicted molar refractivity (Wildman–Crippen MR) is 77.2 cm³/mol. The van der Waals surface area contributed by atoms with Gasteiger partial charge in [0, 0.05) is 32.2 Å². The van der Waals surface area contributed by atoms with Gasteiger partial charge in [-0.25, -0.2) is 4.79 Å². The molecule has 120 valence electrons. The van der Waals surface area contributed by atoms with Gasteiger partial charge in [0.1, 0.15) is 0 Å². The van der Waals surface area contributed by atoms with E-state index in [0.717, 1.165) is 26.0 Å². The third-order valence-electron chi connectivity index (χ3n) is 5.01. The van der Waals surface area contributed by atoms with Crippen molar-refractivity contribution in [2.75, 3.05) is 46.6 Å². The van der Waals surface area contributed by atoms with Gasteiger partial charge in [-0.05, 0) is 19.3 Å². The summed E-state index contributed by atoms with van der Waals surface area (Å²) in [7, 11) is 1.87. The van der Waals surface area contributed by atoms with Gasteiger partial charge < -0.3 is 24.4 Å². The van der Waals surface area contributed by atoms with Crippen molar-refractivity contribution in [1.29, 1.82) is 0 Å². The zero-order chi connectivity index (χ0) is 14.7. The Morgan fingerprint density at radius 2 is 2.19 bits per heavy atom. The van der Waals surface area contributed by atoms with Crippen LogP contribution in [0.1, 0.15) is 25.7 Å². The van der Waals surface area contributed by atoms with Crippen molar-refractivity contribution >= 4 is 6.03 Å². The van der Waals surface area contributed by atoms with Gasteiger partial charge in [0.05, 0.1) is 32.0 Å². The van der Waals surface area contributed by atoms with E-state index in [2.05, 4.69) is 5.32 Å². The van der Waals surface area contributed by atoms with E-state index < -0.39 is 0 Å². The van der Waals surface area contributed by atoms with Crippen LogP contribution in [-0.4, -0.2) is 69.7 Å². The molecule has 0 radical (unpaired) electrons. The van der Waals surface area contributed by atoms with E-state index in [4.69, 9.17) is 14.2 Å². The lowest BCUT2D eigenvalue weighted by molar-refractivity contribution is -0.0856. The monoisotopic (exact) mass is 298 g/mol. The molecule has 0 aromatic carbocycles. The number of carbonyl (C=O) groups excluding carboxylic acids is 1. The smallest absolute Gasteiger partial charge is 0.317 e. The van der Waals surface area contributed by atoms with Gasteiger partial charge >= 0.3 is 6.03 Å². The topological polar surface area (TPSA) is 60.0 Å². The van der Waals surface area contributed by atoms with Crippen molar-refractivity contribution < 1.29 is 19.0 Å². The fraction of sp³-hybridized carbons (Fsp3) is 0.933. The molecule has 3 atom stereocenters. The molecule has 0 aromatic rings. The Balaban J connectivity index is 1.46. The van der Waals surface area contributed by atoms with Crippen molar-refractivity contribution in [1.82, 2.24) is 10.2 Å². The quantitative estimate of drug-likeness (QED) is 0.841. The van der Waals surface area contributed by atoms with Gasteiger partial charge in [-0.15, -0.1) is 0 Å². The number of nitrogens with one attached hydrogen (secondary N) is 1. The SMILES string of the molecule is CN(C[C@]12CCC[C@H]1OCC2)C(=O)NCC1COCCO1. The third kappa shape index (κ3) is 3.33. The van der Waals surface area contributed by atoms with Crippen LogP contribution in [0.5, 0.6) is 0 Å². The lowest BCUT2D eigenvalue weighted by atomic mass is 9.82. The third-order valence-corrected chi connectivity index (χ3v) is 5.01. The summed E-state index contributed by atoms with van der Waals surface area (Å²) in [5.41, 5.74) is 0.191. The molecule has 2 saturated heterocycles. The highest BCUT2D eigenvalue weighted by atomic mass is 16.6. The first-order valence-corrected chi connectivity index (χ1v) is 7.99. The van der Waals surface area contributed by atoms with Gasteiger partial charge in [-0.3, -0.25) is 0 Å². The summed E-state index contributed by atoms with van der Waals surface area (Å²) >= 11 is 0. The molecule has 21 heavy (non-hydrogen) atoms. The molecule has 3 aliphatic rings. The highest BCUT2D eigenvalue weighted by Crippen LogP contribution is 2.47. The summed E-state index contributed by atoms with van der Waals surface area (Å²) in [5.74, 6) is 0. The van der Waals surface area contributed by atoms with Gasteiger partial charge in [0.25, 0.3) is 0 Å². The Hall–Kier alpha value is -0.850. The zero-order valence-electron chi connectivity index (χ0n) is 12.8. The lowest BCUT2D eigenvalue weighted by Gasteiger charge is -2.33. The number of rotatable bonds is 4. The number of nitrogens with zero attached hydrogens (tertiary/aromatic N) is 1. The van der Waals surface area contributed by atoms with Crippen LogP contribution >= 0.6 is 0 Å². The second-order valence-electron chi connectivity index (χ2n) is 6.47. The predicted octanol–water partition coefficient (Wildman–Crippen LogP) is 1.00. The Kier molecular flexibility index (Phi) is 4.66. The maximum Gasteiger partial charge on any atom is 0.317 e. The number of urea groups is 1. The molecular formula is C15H26N2O4. The number of ether oxygens (including phenoxy) is 3. The molecule has 3 fully saturated rings. The second-order valence-corrected chi connectivity index (χ2v) is 6.47. The highest BCUT2D eigenvalue weighted by Gasteiger charge is 2.48. The summed E-state index contributed by atoms with van der Waals surface area (Å²) < 4.78 is 16.7. The fourth-order valence-corrected chi connectivity index (χ4v) is 3.85. The summed E-state index contributed by atoms with van der Waals surface area (Å²) in [6, 6.07) is -0.0314. The number of hydrogen-bond acceptors (Lipinski definition) is 4. The Bertz CT molecular complexity index is 361. The Morgan fingerprint density at radius 1 is 1.29 bits per heavy atom. The van der Waals surface area contributed by atoms with Crippen molar-refractivity contribution in [2.45, 2.75) is 37.9 Å². The normalized spacial score (nSPS) is 35.5. The lowest BCUT2D eigenvalue weighted by Crippen LogP contribution is -2.48. The molecule has 6 nitrogen and oxygen atoms in total. The molecule has 0 aromatic heterocycles. The summed E-state index contributed by atoms with van der Waals surface area (Å²) in [6.45, 7) is 3.95. The van der Waals surface area contributed by atoms with E-state index >= 15 is 0 Å². The molecule has 2 aliphatic heterocycles. The number of carbonyl (C=O) groups is 1. The molecule has 1 saturated carbocycles. The van der Waals surface area contributed by atoms with Crippen molar-refractivity contribution in [3.8, 4) is 0 Å². The zero-order valence-corrected chi connectivity index (χ0v) is 12.8. The average Bonchev–Trinajstić information content (AvgIpc) is 3.05. The van der Waals surface area contributed by atoms with E-state index in [1.165, 1.54) is 12.8 Å². The second kappa shape index (κ2) is 6.50. The number of hydrogen-bond donors (Lipinski definition) is 1. The Labute approximate surface area is 126 Å². The maximum absolute atomic E-state index is 12.2. The maximum atomic E-state index is 12.2. The first-order valence-electron chi connectivity index (χ1n) is 7.99. The summed E-state index contributed by atoms with van der Waals surface area (Å²) in [5, 5.41) is 2.94. The molecule has 3 rings (SSSR count). The standard InChI is InChI=1S/C15H26N2O4/c1-17(11-15-4-2-3-13(15)21-6-5-15)14(18)16-9-12-10-19-7-8-20-12/h12-13H,2-11H2,1H3,(H,16,18)/t12?,13-,15-/m1/s1. The van der Waals surface area contributed by atoms with Crippen LogP contribution in [0, 0.1) is 5.41 Å². The van der Waals surface area contributed by atoms with Crippen LogP contribution < -0.4 is 5.32 Å². The number of amides is 2. The largest absolute Gasteiger partial charge is 0.378 e. The summed E-state index contributed by atoms with van der Waals surface area (Å²) in [4.78, 5) is 14.0. The first kappa shape index (κ1) is 15.1. The van der Waals surface area contributed by atoms with Gasteiger partial charge in [-0.2, -0.15) is 0 Å². The minimum atomic E-state index is -0.0314. The van der Waals surface area contributed by atoms with E-state index in [-0.39, 0.29) is 17.6 Å². The van der Waals surface area contributed by atoms with E-state index in [9.17, 15) is 4.79 Å². The van der Waals surface area contributed by atoms with Gasteiger partial charge in [0.15, 0.2) is 0 Å². The average molecular weight is 298 g/mol. The van der Waals surface area contributed by atoms with Crippen LogP contribution in [0.2, 0.25) is 0 Å². The van der Waals surface area contributed by atoms with Crippen molar-refractivity contribution in [3.05, 3.63) is 0 Å². The van der Waals surface area contributed by atoms with Crippen LogP contribution in [0.15, 0.2) is 0 Å². The minimum absolute atomic E-state index is 0.0247. The molecule has 1 unspecified atom stereocenters. The van der Waals surface area contributed by atoms with Gasteiger partial charge in [0.2, 0.25) is 0 Å². The van der Waals surface area contributed by atoms with Gasteiger partial charge in [-0.1, -0.05) is 6.42 Å². The summed E-state index contributed by atoms with van der Waals surface area (Å²) in [6.07, 6.45) is 4.94. The van der Waals surface area contributed by atoms with Crippen LogP contribution in [0.3, 0.4) is 0 Å². The van der Waals surface area contributed by atoms with E-state index in [0.29, 0.717) is 32.5 Å². The van der Waals surface area contributed by atoms with Crippen molar-refractivity contribution in [2.24, 2.45) is 5.41 Å². The molecule has 1 N–H and O–H groups in total. The van der Waals surface area contributed by atoms with Crippen LogP contribution in [0.25, 0.3) is 0 Å². The molecule has 6 heteroatoms. The van der Waals surface area contributed by atoms with E-state index in [1.54, 1.807) is 4.90 Å². The molecule has 0 spiro atoms. The molecule has 2 amide bonds.